The van der Waals surface area contributed by atoms with E-state index in [0.717, 1.165) is 18.0 Å². The number of nitrogens with two attached hydrogens (primary N) is 1. The Bertz CT molecular complexity index is 372. The van der Waals surface area contributed by atoms with Crippen LogP contribution in [0, 0.1) is 0 Å². The van der Waals surface area contributed by atoms with Crippen molar-refractivity contribution >= 4 is 17.9 Å². The van der Waals surface area contributed by atoms with E-state index >= 15 is 0 Å². The molecule has 0 aromatic heterocycles. The molecule has 0 saturated carbocycles. The van der Waals surface area contributed by atoms with Crippen molar-refractivity contribution in [2.45, 2.75) is 19.9 Å². The number of nitrogens with zero attached hydrogens (tertiary/aromatic N) is 3. The highest BCUT2D eigenvalue weighted by molar-refractivity contribution is 5.86. The molecule has 1 heterocycles. The van der Waals surface area contributed by atoms with E-state index in [1.807, 2.05) is 6.92 Å². The Morgan fingerprint density at radius 2 is 1.95 bits per heavy atom. The van der Waals surface area contributed by atoms with Crippen LogP contribution in [0.15, 0.2) is 0 Å². The van der Waals surface area contributed by atoms with E-state index < -0.39 is 24.5 Å². The molecule has 1 saturated heterocycles. The van der Waals surface area contributed by atoms with Crippen molar-refractivity contribution in [3.63, 3.8) is 0 Å². The molecule has 3 amide bonds. The molecule has 1 rings (SSSR count). The number of carbonyl (C=O) groups excluding carboxylic acids is 2. The first-order valence-corrected chi connectivity index (χ1v) is 6.63. The van der Waals surface area contributed by atoms with Gasteiger partial charge in [-0.05, 0) is 13.5 Å². The van der Waals surface area contributed by atoms with Gasteiger partial charge in [0.25, 0.3) is 0 Å². The molecule has 0 aliphatic carbocycles. The minimum atomic E-state index is -1.17. The van der Waals surface area contributed by atoms with Gasteiger partial charge in [-0.25, -0.2) is 4.79 Å². The third kappa shape index (κ3) is 4.37. The van der Waals surface area contributed by atoms with Gasteiger partial charge in [-0.3, -0.25) is 14.5 Å². The van der Waals surface area contributed by atoms with E-state index in [0.29, 0.717) is 13.1 Å². The van der Waals surface area contributed by atoms with Crippen LogP contribution in [0.4, 0.5) is 4.79 Å². The zero-order valence-electron chi connectivity index (χ0n) is 11.9. The Balaban J connectivity index is 2.69. The van der Waals surface area contributed by atoms with Gasteiger partial charge in [0, 0.05) is 25.7 Å². The van der Waals surface area contributed by atoms with Gasteiger partial charge >= 0.3 is 12.0 Å². The summed E-state index contributed by atoms with van der Waals surface area (Å²) in [6, 6.07) is -0.244. The van der Waals surface area contributed by atoms with E-state index in [1.54, 1.807) is 4.90 Å². The number of piperazine rings is 1. The van der Waals surface area contributed by atoms with Crippen molar-refractivity contribution in [3.05, 3.63) is 0 Å². The Labute approximate surface area is 118 Å². The van der Waals surface area contributed by atoms with Crippen LogP contribution in [-0.4, -0.2) is 83.0 Å². The van der Waals surface area contributed by atoms with Gasteiger partial charge in [0.15, 0.2) is 0 Å². The van der Waals surface area contributed by atoms with Gasteiger partial charge in [-0.15, -0.1) is 0 Å². The molecule has 0 aromatic rings. The van der Waals surface area contributed by atoms with E-state index in [4.69, 9.17) is 10.8 Å². The predicted octanol–water partition coefficient (Wildman–Crippen LogP) is -0.996. The molecule has 0 spiro atoms. The van der Waals surface area contributed by atoms with Crippen LogP contribution in [-0.2, 0) is 9.59 Å². The lowest BCUT2D eigenvalue weighted by atomic mass is 10.2. The highest BCUT2D eigenvalue weighted by Gasteiger charge is 2.30. The van der Waals surface area contributed by atoms with E-state index in [-0.39, 0.29) is 12.6 Å². The van der Waals surface area contributed by atoms with Crippen LogP contribution in [0.25, 0.3) is 0 Å². The number of carboxylic acids is 1. The average Bonchev–Trinajstić information content (AvgIpc) is 2.35. The first-order valence-electron chi connectivity index (χ1n) is 6.63. The normalized spacial score (nSPS) is 19.7. The summed E-state index contributed by atoms with van der Waals surface area (Å²) in [5.41, 5.74) is 5.05. The zero-order chi connectivity index (χ0) is 15.3. The van der Waals surface area contributed by atoms with Crippen molar-refractivity contribution in [2.75, 3.05) is 39.3 Å². The molecule has 1 atom stereocenters. The second-order valence-electron chi connectivity index (χ2n) is 4.92. The summed E-state index contributed by atoms with van der Waals surface area (Å²) >= 11 is 0. The van der Waals surface area contributed by atoms with Gasteiger partial charge in [-0.1, -0.05) is 6.92 Å². The maximum atomic E-state index is 12.3. The van der Waals surface area contributed by atoms with Crippen LogP contribution in [0.2, 0.25) is 0 Å². The Morgan fingerprint density at radius 1 is 1.30 bits per heavy atom. The summed E-state index contributed by atoms with van der Waals surface area (Å²) in [6.45, 7) is 5.84. The van der Waals surface area contributed by atoms with Crippen molar-refractivity contribution in [2.24, 2.45) is 5.73 Å². The molecule has 0 aromatic carbocycles. The monoisotopic (exact) mass is 286 g/mol. The van der Waals surface area contributed by atoms with Crippen molar-refractivity contribution in [1.82, 2.24) is 14.7 Å². The lowest BCUT2D eigenvalue weighted by Crippen LogP contribution is -2.57. The van der Waals surface area contributed by atoms with Crippen LogP contribution in [0.1, 0.15) is 13.8 Å². The van der Waals surface area contributed by atoms with Gasteiger partial charge in [0.1, 0.15) is 13.1 Å². The number of primary amides is 1. The van der Waals surface area contributed by atoms with Crippen molar-refractivity contribution in [1.29, 1.82) is 0 Å². The third-order valence-corrected chi connectivity index (χ3v) is 3.39. The van der Waals surface area contributed by atoms with Gasteiger partial charge < -0.3 is 20.6 Å². The van der Waals surface area contributed by atoms with Crippen molar-refractivity contribution in [3.8, 4) is 0 Å². The van der Waals surface area contributed by atoms with Crippen LogP contribution in [0.5, 0.6) is 0 Å². The molecule has 1 fully saturated rings. The minimum Gasteiger partial charge on any atom is -0.480 e. The number of aliphatic carboxylic acids is 1. The minimum absolute atomic E-state index is 0.206. The molecule has 20 heavy (non-hydrogen) atoms. The number of hydrogen-bond donors (Lipinski definition) is 2. The highest BCUT2D eigenvalue weighted by atomic mass is 16.4. The molecule has 114 valence electrons. The molecular formula is C12H22N4O4. The second-order valence-corrected chi connectivity index (χ2v) is 4.92. The van der Waals surface area contributed by atoms with E-state index in [2.05, 4.69) is 11.8 Å². The molecular weight excluding hydrogens is 264 g/mol. The first kappa shape index (κ1) is 16.2. The summed E-state index contributed by atoms with van der Waals surface area (Å²) < 4.78 is 0. The summed E-state index contributed by atoms with van der Waals surface area (Å²) in [7, 11) is 0. The summed E-state index contributed by atoms with van der Waals surface area (Å²) in [5.74, 6) is -1.89. The fourth-order valence-corrected chi connectivity index (χ4v) is 2.38. The smallest absolute Gasteiger partial charge is 0.323 e. The van der Waals surface area contributed by atoms with Crippen LogP contribution in [0.3, 0.4) is 0 Å². The standard InChI is InChI=1S/C12H22N4O4/c1-3-14-4-5-15(6-9(14)2)12(20)16(7-10(13)17)8-11(18)19/h9H,3-8H2,1-2H3,(H2,13,17)(H,18,19). The number of likely N-dealkylation sites (N-methyl/N-ethyl adjacent to an activating group) is 1. The lowest BCUT2D eigenvalue weighted by Gasteiger charge is -2.40. The van der Waals surface area contributed by atoms with Gasteiger partial charge in [0.2, 0.25) is 5.91 Å². The lowest BCUT2D eigenvalue weighted by molar-refractivity contribution is -0.138. The summed E-state index contributed by atoms with van der Waals surface area (Å²) in [4.78, 5) is 38.8. The first-order chi connectivity index (χ1) is 9.35. The quantitative estimate of drug-likeness (QED) is 0.674. The third-order valence-electron chi connectivity index (χ3n) is 3.39. The molecule has 1 aliphatic rings. The molecule has 3 N–H and O–H groups in total. The Kier molecular flexibility index (Phi) is 5.75. The molecule has 8 nitrogen and oxygen atoms in total. The van der Waals surface area contributed by atoms with Crippen LogP contribution >= 0.6 is 0 Å². The molecule has 8 heteroatoms. The second kappa shape index (κ2) is 7.09. The number of amides is 3. The fourth-order valence-electron chi connectivity index (χ4n) is 2.38. The topological polar surface area (TPSA) is 107 Å². The number of carbonyl (C=O) groups is 3. The Hall–Kier alpha value is -1.83. The zero-order valence-corrected chi connectivity index (χ0v) is 11.9. The molecule has 1 unspecified atom stereocenters. The number of hydrogen-bond acceptors (Lipinski definition) is 4. The predicted molar refractivity (Wildman–Crippen MR) is 72.1 cm³/mol. The van der Waals surface area contributed by atoms with Gasteiger partial charge in [0.05, 0.1) is 0 Å². The summed E-state index contributed by atoms with van der Waals surface area (Å²) in [6.07, 6.45) is 0. The molecule has 0 bridgehead atoms. The summed E-state index contributed by atoms with van der Waals surface area (Å²) in [5, 5.41) is 8.80. The average molecular weight is 286 g/mol. The van der Waals surface area contributed by atoms with Gasteiger partial charge in [-0.2, -0.15) is 0 Å². The fraction of sp³-hybridized carbons (Fsp3) is 0.750. The number of carboxylic acid groups (broad SMARTS) is 1. The largest absolute Gasteiger partial charge is 0.480 e. The van der Waals surface area contributed by atoms with Crippen LogP contribution < -0.4 is 5.73 Å². The maximum Gasteiger partial charge on any atom is 0.323 e. The molecule has 0 radical (unpaired) electrons. The molecule has 1 aliphatic heterocycles. The number of rotatable bonds is 5. The van der Waals surface area contributed by atoms with Crippen molar-refractivity contribution < 1.29 is 19.5 Å². The maximum absolute atomic E-state index is 12.3. The van der Waals surface area contributed by atoms with E-state index in [9.17, 15) is 14.4 Å². The Morgan fingerprint density at radius 3 is 2.40 bits per heavy atom. The highest BCUT2D eigenvalue weighted by Crippen LogP contribution is 2.11. The number of urea groups is 1. The van der Waals surface area contributed by atoms with E-state index in [1.165, 1.54) is 0 Å². The SMILES string of the molecule is CCN1CCN(C(=O)N(CC(N)=O)CC(=O)O)CC1C.